The van der Waals surface area contributed by atoms with Crippen LogP contribution in [0.1, 0.15) is 170 Å². The van der Waals surface area contributed by atoms with Gasteiger partial charge in [-0.1, -0.05) is 60.6 Å². The van der Waals surface area contributed by atoms with E-state index >= 15 is 4.79 Å². The summed E-state index contributed by atoms with van der Waals surface area (Å²) in [5.41, 5.74) is 31.3. The second kappa shape index (κ2) is 31.5. The van der Waals surface area contributed by atoms with Gasteiger partial charge in [-0.25, -0.2) is 0 Å². The van der Waals surface area contributed by atoms with Gasteiger partial charge in [0, 0.05) is 32.4 Å². The van der Waals surface area contributed by atoms with Crippen molar-refractivity contribution in [3.05, 3.63) is 12.2 Å². The van der Waals surface area contributed by atoms with Crippen molar-refractivity contribution < 1.29 is 63.3 Å². The topological polar surface area (TPSA) is 484 Å². The maximum atomic E-state index is 15.5. The predicted octanol–water partition coefficient (Wildman–Crippen LogP) is 1.11. The van der Waals surface area contributed by atoms with Gasteiger partial charge in [-0.2, -0.15) is 11.8 Å². The highest BCUT2D eigenvalue weighted by Gasteiger charge is 2.70. The Bertz CT molecular complexity index is 2720. The summed E-state index contributed by atoms with van der Waals surface area (Å²) in [5.74, 6) is -8.92. The summed E-state index contributed by atoms with van der Waals surface area (Å²) in [6, 6.07) is -8.82. The second-order valence-corrected chi connectivity index (χ2v) is 28.5. The highest BCUT2D eigenvalue weighted by Crippen LogP contribution is 2.75. The van der Waals surface area contributed by atoms with Crippen molar-refractivity contribution in [2.45, 2.75) is 213 Å². The Hall–Kier alpha value is -6.71. The molecule has 5 rings (SSSR count). The molecule has 506 valence electrons. The number of thioether (sulfide) groups is 1. The van der Waals surface area contributed by atoms with Crippen LogP contribution >= 0.6 is 11.8 Å². The fraction of sp³-hybridized carbons (Fsp3) is 0.774. The third kappa shape index (κ3) is 17.5. The molecule has 0 heterocycles. The van der Waals surface area contributed by atoms with Crippen LogP contribution < -0.4 is 66.3 Å². The van der Waals surface area contributed by atoms with E-state index in [1.807, 2.05) is 0 Å². The number of hydrogen-bond donors (Lipinski definition) is 15. The van der Waals surface area contributed by atoms with Crippen LogP contribution in [-0.4, -0.2) is 154 Å². The van der Waals surface area contributed by atoms with E-state index < -0.39 is 133 Å². The lowest BCUT2D eigenvalue weighted by Gasteiger charge is -2.72. The number of aliphatic imine (C=N–C) groups is 2. The minimum atomic E-state index is -1.65. The van der Waals surface area contributed by atoms with E-state index in [1.54, 1.807) is 6.26 Å². The number of carbonyl (C=O) groups excluding carboxylic acids is 8. The third-order valence-corrected chi connectivity index (χ3v) is 22.4. The minimum Gasteiger partial charge on any atom is -0.481 e. The number of aliphatic hydroxyl groups excluding tert-OH is 1. The summed E-state index contributed by atoms with van der Waals surface area (Å²) in [6.45, 7) is 16.2. The fourth-order valence-corrected chi connectivity index (χ4v) is 16.8. The lowest BCUT2D eigenvalue weighted by Crippen LogP contribution is -2.68. The van der Waals surface area contributed by atoms with Crippen LogP contribution in [0, 0.1) is 62.6 Å². The first-order valence-electron chi connectivity index (χ1n) is 31.9. The number of carboxylic acid groups (broad SMARTS) is 2. The van der Waals surface area contributed by atoms with Gasteiger partial charge < -0.3 is 81.6 Å². The molecule has 90 heavy (non-hydrogen) atoms. The van der Waals surface area contributed by atoms with E-state index in [2.05, 4.69) is 103 Å². The molecule has 0 saturated heterocycles. The molecule has 5 unspecified atom stereocenters. The first-order valence-corrected chi connectivity index (χ1v) is 33.3. The van der Waals surface area contributed by atoms with Crippen LogP contribution in [0.5, 0.6) is 0 Å². The van der Waals surface area contributed by atoms with Crippen LogP contribution in [0.4, 0.5) is 0 Å². The summed E-state index contributed by atoms with van der Waals surface area (Å²) in [5, 5.41) is 46.9. The summed E-state index contributed by atoms with van der Waals surface area (Å²) >= 11 is 1.30. The van der Waals surface area contributed by atoms with Crippen molar-refractivity contribution in [2.24, 2.45) is 107 Å². The first kappa shape index (κ1) is 74.0. The number of allylic oxidation sites excluding steroid dienone is 2. The molecule has 5 aliphatic rings. The number of rotatable bonds is 33. The maximum Gasteiger partial charge on any atom is 0.303 e. The standard InChI is InChI=1S/C62H104N14O13S/c1-33-21-27-62(29-28-60(6)35(48(62)34(33)2)13-17-43-59(5)25-23-44(77)58(3,4)42(59)22-26-61(43,60)7)55(89)76-40(16-20-47(81)82)53(87)74-39(15-19-46(79)80)52(86)75-41(24-32-90-8)54(88)73-38(14-18-45(63)78)51(85)72-37(12-10-31-70-57(67)68)50(84)71-36(49(64)83)11-9-30-69-56(65)66/h13,17,33-44,48,77H,9-12,14-16,18-32H2,1-8H3,(H2,63,78)(H2,64,83)(H,71,84)(H,72,85)(H,73,88)(H,74,87)(H,75,86)(H,76,89)(H,79,80)(H,81,82)(H4,65,66,69)(H4,67,68,70)/t33-,34+,35?,36-,37-,38-,39-,40-,41-,42?,43?,44+,48?,59+,60-,61-,62?/m0/s1. The molecule has 0 radical (unpaired) electrons. The highest BCUT2D eigenvalue weighted by atomic mass is 32.2. The van der Waals surface area contributed by atoms with Crippen molar-refractivity contribution in [3.8, 4) is 0 Å². The average molecular weight is 1290 g/mol. The molecule has 0 aromatic heterocycles. The van der Waals surface area contributed by atoms with E-state index in [1.165, 1.54) is 11.8 Å². The van der Waals surface area contributed by atoms with Crippen LogP contribution in [0.2, 0.25) is 0 Å². The zero-order chi connectivity index (χ0) is 67.3. The number of nitrogens with zero attached hydrogens (tertiary/aromatic N) is 2. The van der Waals surface area contributed by atoms with Gasteiger partial charge in [0.05, 0.1) is 11.5 Å². The van der Waals surface area contributed by atoms with Crippen LogP contribution in [-0.2, 0) is 47.9 Å². The molecule has 0 bridgehead atoms. The van der Waals surface area contributed by atoms with Gasteiger partial charge in [-0.05, 0) is 172 Å². The molecule has 0 aliphatic heterocycles. The van der Waals surface area contributed by atoms with Crippen molar-refractivity contribution in [1.82, 2.24) is 31.9 Å². The van der Waals surface area contributed by atoms with Crippen molar-refractivity contribution in [1.29, 1.82) is 0 Å². The third-order valence-electron chi connectivity index (χ3n) is 21.8. The lowest BCUT2D eigenvalue weighted by atomic mass is 9.32. The number of fused-ring (bicyclic) bond motifs is 7. The molecule has 0 aromatic carbocycles. The van der Waals surface area contributed by atoms with Gasteiger partial charge >= 0.3 is 11.9 Å². The molecule has 5 aliphatic carbocycles. The van der Waals surface area contributed by atoms with E-state index in [0.29, 0.717) is 18.8 Å². The van der Waals surface area contributed by atoms with Gasteiger partial charge in [0.1, 0.15) is 36.3 Å². The van der Waals surface area contributed by atoms with Crippen molar-refractivity contribution in [2.75, 3.05) is 25.1 Å². The number of guanidine groups is 2. The van der Waals surface area contributed by atoms with E-state index in [9.17, 15) is 58.5 Å². The smallest absolute Gasteiger partial charge is 0.303 e. The van der Waals surface area contributed by atoms with Crippen LogP contribution in [0.3, 0.4) is 0 Å². The maximum absolute atomic E-state index is 15.5. The molecule has 27 nitrogen and oxygen atoms in total. The molecular formula is C62H104N14O13S. The number of nitrogens with one attached hydrogen (secondary N) is 6. The molecule has 28 heteroatoms. The Morgan fingerprint density at radius 2 is 1.02 bits per heavy atom. The van der Waals surface area contributed by atoms with Crippen LogP contribution in [0.25, 0.3) is 0 Å². The van der Waals surface area contributed by atoms with Crippen molar-refractivity contribution >= 4 is 82.9 Å². The summed E-state index contributed by atoms with van der Waals surface area (Å²) < 4.78 is 0. The molecule has 0 spiro atoms. The Kier molecular flexibility index (Phi) is 25.9. The molecule has 17 atom stereocenters. The van der Waals surface area contributed by atoms with Gasteiger partial charge in [0.25, 0.3) is 0 Å². The number of hydrogen-bond acceptors (Lipinski definition) is 14. The van der Waals surface area contributed by atoms with E-state index in [0.717, 1.165) is 38.5 Å². The largest absolute Gasteiger partial charge is 0.481 e. The van der Waals surface area contributed by atoms with Crippen LogP contribution in [0.15, 0.2) is 22.1 Å². The highest BCUT2D eigenvalue weighted by molar-refractivity contribution is 7.98. The minimum absolute atomic E-state index is 0.0156. The molecule has 4 fully saturated rings. The average Bonchev–Trinajstić information content (AvgIpc) is 0.679. The molecule has 21 N–H and O–H groups in total. The molecule has 0 aromatic rings. The lowest BCUT2D eigenvalue weighted by molar-refractivity contribution is -0.221. The zero-order valence-electron chi connectivity index (χ0n) is 53.9. The second-order valence-electron chi connectivity index (χ2n) is 27.5. The molecular weight excluding hydrogens is 1180 g/mol. The summed E-state index contributed by atoms with van der Waals surface area (Å²) in [4.78, 5) is 144. The number of aliphatic hydroxyl groups is 1. The zero-order valence-corrected chi connectivity index (χ0v) is 54.7. The predicted molar refractivity (Wildman–Crippen MR) is 341 cm³/mol. The summed E-state index contributed by atoms with van der Waals surface area (Å²) in [7, 11) is 0. The number of nitrogens with two attached hydrogens (primary N) is 6. The van der Waals surface area contributed by atoms with Gasteiger partial charge in [0.15, 0.2) is 11.9 Å². The van der Waals surface area contributed by atoms with Crippen molar-refractivity contribution in [3.63, 3.8) is 0 Å². The number of carbonyl (C=O) groups is 10. The number of primary amides is 2. The SMILES string of the molecule is CSCC[C@H](NC(=O)[C@H](CCC(=O)O)NC(=O)[C@H](CCC(=O)O)NC(=O)C12CC[C@H](C)[C@@H](C)C1C1C=CC3[C@]4(C)CC[C@@H](O)C(C)(C)C4CC[C@]3(C)[C@@]1(C)CC2)C(=O)N[C@@H](CCC(N)=O)C(=O)N[C@@H](CCCN=C(N)N)C(=O)N[C@@H](CCCN=C(N)N)C(N)=O. The number of amides is 8. The Morgan fingerprint density at radius 3 is 1.50 bits per heavy atom. The normalized spacial score (nSPS) is 29.9. The van der Waals surface area contributed by atoms with Gasteiger partial charge in [-0.3, -0.25) is 57.9 Å². The van der Waals surface area contributed by atoms with Gasteiger partial charge in [0.2, 0.25) is 47.3 Å². The van der Waals surface area contributed by atoms with E-state index in [4.69, 9.17) is 34.4 Å². The van der Waals surface area contributed by atoms with E-state index in [-0.39, 0.29) is 127 Å². The molecule has 4 saturated carbocycles. The fourth-order valence-electron chi connectivity index (χ4n) is 16.3. The Labute approximate surface area is 533 Å². The summed E-state index contributed by atoms with van der Waals surface area (Å²) in [6.07, 6.45) is 9.54. The number of aliphatic carboxylic acids is 2. The molecule has 8 amide bonds. The Balaban J connectivity index is 1.40. The number of carboxylic acids is 2. The first-order chi connectivity index (χ1) is 42.1. The monoisotopic (exact) mass is 1280 g/mol. The Morgan fingerprint density at radius 1 is 0.556 bits per heavy atom. The van der Waals surface area contributed by atoms with Gasteiger partial charge in [-0.15, -0.1) is 0 Å². The quantitative estimate of drug-likeness (QED) is 0.0189.